The Hall–Kier alpha value is -1.68. The maximum atomic E-state index is 12.2. The Bertz CT molecular complexity index is 595. The van der Waals surface area contributed by atoms with Crippen molar-refractivity contribution in [1.82, 2.24) is 0 Å². The monoisotopic (exact) mass is 332 g/mol. The van der Waals surface area contributed by atoms with E-state index in [1.165, 1.54) is 0 Å². The zero-order chi connectivity index (χ0) is 17.7. The minimum Gasteiger partial charge on any atom is -0.497 e. The molecular weight excluding hydrogens is 304 g/mol. The number of aliphatic hydroxyl groups excluding tert-OH is 1. The Morgan fingerprint density at radius 2 is 2.12 bits per heavy atom. The molecule has 1 aromatic carbocycles. The molecule has 1 fully saturated rings. The van der Waals surface area contributed by atoms with Crippen molar-refractivity contribution in [3.05, 3.63) is 29.8 Å². The Labute approximate surface area is 144 Å². The van der Waals surface area contributed by atoms with Gasteiger partial charge in [-0.1, -0.05) is 26.0 Å². The molecule has 0 saturated heterocycles. The molecule has 24 heavy (non-hydrogen) atoms. The lowest BCUT2D eigenvalue weighted by Crippen LogP contribution is -2.34. The first-order valence-electron chi connectivity index (χ1n) is 8.74. The number of aliphatic hydroxyl groups is 1. The topological polar surface area (TPSA) is 63.6 Å². The van der Waals surface area contributed by atoms with Gasteiger partial charge in [0.05, 0.1) is 18.6 Å². The molecule has 4 nitrogen and oxygen atoms in total. The number of aryl methyl sites for hydroxylation is 1. The highest BCUT2D eigenvalue weighted by molar-refractivity contribution is 5.90. The Morgan fingerprint density at radius 3 is 2.75 bits per heavy atom. The molecule has 1 saturated carbocycles. The molecule has 3 atom stereocenters. The van der Waals surface area contributed by atoms with Crippen molar-refractivity contribution in [2.75, 3.05) is 7.11 Å². The fraction of sp³-hybridized carbons (Fsp3) is 0.600. The van der Waals surface area contributed by atoms with Gasteiger partial charge in [0.25, 0.3) is 0 Å². The van der Waals surface area contributed by atoms with Crippen LogP contribution in [-0.4, -0.2) is 29.9 Å². The average Bonchev–Trinajstić information content (AvgIpc) is 2.77. The fourth-order valence-corrected chi connectivity index (χ4v) is 3.56. The summed E-state index contributed by atoms with van der Waals surface area (Å²) in [6, 6.07) is 7.87. The summed E-state index contributed by atoms with van der Waals surface area (Å²) >= 11 is 0. The smallest absolute Gasteiger partial charge is 0.144 e. The number of ketones is 2. The fourth-order valence-electron chi connectivity index (χ4n) is 3.56. The third-order valence-corrected chi connectivity index (χ3v) is 5.30. The molecule has 4 heteroatoms. The van der Waals surface area contributed by atoms with Gasteiger partial charge in [0.2, 0.25) is 0 Å². The van der Waals surface area contributed by atoms with Crippen LogP contribution in [0.5, 0.6) is 5.75 Å². The van der Waals surface area contributed by atoms with E-state index in [1.807, 2.05) is 31.2 Å². The second kappa shape index (κ2) is 7.93. The molecule has 0 heterocycles. The van der Waals surface area contributed by atoms with E-state index in [-0.39, 0.29) is 17.5 Å². The number of methoxy groups -OCH3 is 1. The van der Waals surface area contributed by atoms with Crippen molar-refractivity contribution in [1.29, 1.82) is 0 Å². The van der Waals surface area contributed by atoms with Crippen LogP contribution in [0.3, 0.4) is 0 Å². The lowest BCUT2D eigenvalue weighted by atomic mass is 9.79. The molecule has 0 spiro atoms. The molecule has 0 aliphatic heterocycles. The SMILES string of the molecule is COc1cccc(CCCC(=O)CC[C@@]2(C)C(=O)[C@@H](C)C[C@@H]2O)c1. The molecule has 1 N–H and O–H groups in total. The highest BCUT2D eigenvalue weighted by atomic mass is 16.5. The molecule has 1 aromatic rings. The first-order chi connectivity index (χ1) is 11.4. The predicted molar refractivity (Wildman–Crippen MR) is 93.1 cm³/mol. The third kappa shape index (κ3) is 4.23. The van der Waals surface area contributed by atoms with Gasteiger partial charge in [0.15, 0.2) is 0 Å². The van der Waals surface area contributed by atoms with Crippen molar-refractivity contribution >= 4 is 11.6 Å². The van der Waals surface area contributed by atoms with E-state index in [0.29, 0.717) is 25.7 Å². The number of carbonyl (C=O) groups is 2. The number of benzene rings is 1. The van der Waals surface area contributed by atoms with Crippen LogP contribution < -0.4 is 4.74 Å². The largest absolute Gasteiger partial charge is 0.497 e. The third-order valence-electron chi connectivity index (χ3n) is 5.30. The zero-order valence-corrected chi connectivity index (χ0v) is 14.9. The Balaban J connectivity index is 1.76. The maximum Gasteiger partial charge on any atom is 0.144 e. The van der Waals surface area contributed by atoms with Gasteiger partial charge in [-0.2, -0.15) is 0 Å². The first kappa shape index (κ1) is 18.7. The molecule has 0 unspecified atom stereocenters. The quantitative estimate of drug-likeness (QED) is 0.793. The second-order valence-electron chi connectivity index (χ2n) is 7.18. The number of hydrogen-bond donors (Lipinski definition) is 1. The Morgan fingerprint density at radius 1 is 1.38 bits per heavy atom. The van der Waals surface area contributed by atoms with Crippen LogP contribution in [0.2, 0.25) is 0 Å². The minimum atomic E-state index is -0.748. The van der Waals surface area contributed by atoms with Crippen LogP contribution in [0.25, 0.3) is 0 Å². The number of ether oxygens (including phenoxy) is 1. The summed E-state index contributed by atoms with van der Waals surface area (Å²) in [6.45, 7) is 3.65. The number of rotatable bonds is 8. The Kier molecular flexibility index (Phi) is 6.16. The van der Waals surface area contributed by atoms with Gasteiger partial charge in [-0.15, -0.1) is 0 Å². The lowest BCUT2D eigenvalue weighted by molar-refractivity contribution is -0.131. The summed E-state index contributed by atoms with van der Waals surface area (Å²) < 4.78 is 5.20. The number of hydrogen-bond acceptors (Lipinski definition) is 4. The van der Waals surface area contributed by atoms with E-state index in [1.54, 1.807) is 14.0 Å². The molecule has 1 aliphatic carbocycles. The van der Waals surface area contributed by atoms with Crippen molar-refractivity contribution < 1.29 is 19.4 Å². The number of Topliss-reactive ketones (excluding diaryl/α,β-unsaturated/α-hetero) is 2. The van der Waals surface area contributed by atoms with Crippen molar-refractivity contribution in [2.24, 2.45) is 11.3 Å². The van der Waals surface area contributed by atoms with Crippen LogP contribution in [0.15, 0.2) is 24.3 Å². The summed E-state index contributed by atoms with van der Waals surface area (Å²) in [5, 5.41) is 10.1. The zero-order valence-electron chi connectivity index (χ0n) is 14.9. The molecule has 2 rings (SSSR count). The summed E-state index contributed by atoms with van der Waals surface area (Å²) in [5.41, 5.74) is 0.409. The van der Waals surface area contributed by atoms with Crippen LogP contribution in [0, 0.1) is 11.3 Å². The van der Waals surface area contributed by atoms with Gasteiger partial charge in [0, 0.05) is 18.8 Å². The molecular formula is C20H28O4. The van der Waals surface area contributed by atoms with E-state index in [2.05, 4.69) is 0 Å². The van der Waals surface area contributed by atoms with Crippen LogP contribution in [0.1, 0.15) is 51.5 Å². The van der Waals surface area contributed by atoms with Crippen molar-refractivity contribution in [3.8, 4) is 5.75 Å². The van der Waals surface area contributed by atoms with Crippen LogP contribution >= 0.6 is 0 Å². The molecule has 0 bridgehead atoms. The van der Waals surface area contributed by atoms with Gasteiger partial charge < -0.3 is 9.84 Å². The summed E-state index contributed by atoms with van der Waals surface area (Å²) in [4.78, 5) is 24.4. The van der Waals surface area contributed by atoms with E-state index in [4.69, 9.17) is 4.74 Å². The second-order valence-corrected chi connectivity index (χ2v) is 7.18. The molecule has 0 radical (unpaired) electrons. The molecule has 132 valence electrons. The van der Waals surface area contributed by atoms with Gasteiger partial charge in [0.1, 0.15) is 17.3 Å². The van der Waals surface area contributed by atoms with Crippen molar-refractivity contribution in [2.45, 2.75) is 58.5 Å². The minimum absolute atomic E-state index is 0.0965. The van der Waals surface area contributed by atoms with Crippen LogP contribution in [-0.2, 0) is 16.0 Å². The van der Waals surface area contributed by atoms with Gasteiger partial charge in [-0.3, -0.25) is 9.59 Å². The summed E-state index contributed by atoms with van der Waals surface area (Å²) in [7, 11) is 1.64. The van der Waals surface area contributed by atoms with Gasteiger partial charge in [-0.25, -0.2) is 0 Å². The van der Waals surface area contributed by atoms with Crippen LogP contribution in [0.4, 0.5) is 0 Å². The maximum absolute atomic E-state index is 12.2. The summed E-state index contributed by atoms with van der Waals surface area (Å²) in [6.07, 6.45) is 2.84. The molecule has 0 aromatic heterocycles. The van der Waals surface area contributed by atoms with E-state index in [9.17, 15) is 14.7 Å². The van der Waals surface area contributed by atoms with Gasteiger partial charge >= 0.3 is 0 Å². The highest BCUT2D eigenvalue weighted by Gasteiger charge is 2.48. The highest BCUT2D eigenvalue weighted by Crippen LogP contribution is 2.41. The summed E-state index contributed by atoms with van der Waals surface area (Å²) in [5.74, 6) is 0.987. The van der Waals surface area contributed by atoms with E-state index < -0.39 is 11.5 Å². The molecule has 1 aliphatic rings. The normalized spacial score (nSPS) is 26.6. The average molecular weight is 332 g/mol. The lowest BCUT2D eigenvalue weighted by Gasteiger charge is -2.26. The van der Waals surface area contributed by atoms with E-state index >= 15 is 0 Å². The number of carbonyl (C=O) groups excluding carboxylic acids is 2. The first-order valence-corrected chi connectivity index (χ1v) is 8.74. The van der Waals surface area contributed by atoms with E-state index in [0.717, 1.165) is 24.2 Å². The molecule has 0 amide bonds. The van der Waals surface area contributed by atoms with Crippen molar-refractivity contribution in [3.63, 3.8) is 0 Å². The standard InChI is InChI=1S/C20H28O4/c1-14-12-18(22)20(2,19(14)23)11-10-16(21)8-4-6-15-7-5-9-17(13-15)24-3/h5,7,9,13-14,18,22H,4,6,8,10-12H2,1-3H3/t14-,18-,20+/m0/s1. The van der Waals surface area contributed by atoms with Gasteiger partial charge in [-0.05, 0) is 43.4 Å². The predicted octanol–water partition coefficient (Wildman–Crippen LogP) is 3.34.